The third-order valence-electron chi connectivity index (χ3n) is 5.27. The van der Waals surface area contributed by atoms with Gasteiger partial charge in [-0.15, -0.1) is 0 Å². The molecule has 0 aliphatic heterocycles. The Kier molecular flexibility index (Phi) is 5.60. The van der Waals surface area contributed by atoms with Crippen LogP contribution in [0.2, 0.25) is 0 Å². The SMILES string of the molecule is COc1ccc(CNC(=O)COc2ccc3oc4c(c3c2)CCCC4)c(OC)c1. The molecule has 0 saturated heterocycles. The normalized spacial score (nSPS) is 13.0. The Labute approximate surface area is 169 Å². The van der Waals surface area contributed by atoms with E-state index in [0.717, 1.165) is 35.1 Å². The lowest BCUT2D eigenvalue weighted by atomic mass is 9.96. The van der Waals surface area contributed by atoms with Gasteiger partial charge < -0.3 is 23.9 Å². The standard InChI is InChI=1S/C23H25NO5/c1-26-16-8-7-15(22(12-16)27-2)13-24-23(25)14-28-17-9-10-21-19(11-17)18-5-3-4-6-20(18)29-21/h7-12H,3-6,13-14H2,1-2H3,(H,24,25). The van der Waals surface area contributed by atoms with E-state index in [1.807, 2.05) is 30.3 Å². The van der Waals surface area contributed by atoms with Crippen molar-refractivity contribution < 1.29 is 23.4 Å². The summed E-state index contributed by atoms with van der Waals surface area (Å²) < 4.78 is 22.2. The Morgan fingerprint density at radius 1 is 1.03 bits per heavy atom. The smallest absolute Gasteiger partial charge is 0.258 e. The van der Waals surface area contributed by atoms with Crippen LogP contribution in [0.25, 0.3) is 11.0 Å². The van der Waals surface area contributed by atoms with Crippen LogP contribution in [0.4, 0.5) is 0 Å². The van der Waals surface area contributed by atoms with Gasteiger partial charge in [0.15, 0.2) is 6.61 Å². The van der Waals surface area contributed by atoms with E-state index >= 15 is 0 Å². The molecule has 6 heteroatoms. The summed E-state index contributed by atoms with van der Waals surface area (Å²) in [6, 6.07) is 11.2. The number of rotatable bonds is 7. The minimum atomic E-state index is -0.197. The lowest BCUT2D eigenvalue weighted by Crippen LogP contribution is -2.28. The molecule has 1 amide bonds. The summed E-state index contributed by atoms with van der Waals surface area (Å²) in [6.07, 6.45) is 4.40. The van der Waals surface area contributed by atoms with Crippen LogP contribution < -0.4 is 19.5 Å². The number of nitrogens with one attached hydrogen (secondary N) is 1. The Hall–Kier alpha value is -3.15. The second-order valence-electron chi connectivity index (χ2n) is 7.11. The average molecular weight is 395 g/mol. The molecule has 0 atom stereocenters. The van der Waals surface area contributed by atoms with Crippen LogP contribution in [0.3, 0.4) is 0 Å². The number of furan rings is 1. The van der Waals surface area contributed by atoms with E-state index in [9.17, 15) is 4.79 Å². The van der Waals surface area contributed by atoms with Crippen molar-refractivity contribution in [3.05, 3.63) is 53.3 Å². The van der Waals surface area contributed by atoms with Crippen molar-refractivity contribution in [1.29, 1.82) is 0 Å². The zero-order valence-corrected chi connectivity index (χ0v) is 16.7. The number of carbonyl (C=O) groups excluding carboxylic acids is 1. The van der Waals surface area contributed by atoms with Gasteiger partial charge >= 0.3 is 0 Å². The number of methoxy groups -OCH3 is 2. The molecule has 152 valence electrons. The predicted molar refractivity (Wildman–Crippen MR) is 110 cm³/mol. The number of ether oxygens (including phenoxy) is 3. The fourth-order valence-corrected chi connectivity index (χ4v) is 3.72. The van der Waals surface area contributed by atoms with Crippen LogP contribution in [0.1, 0.15) is 29.7 Å². The number of hydrogen-bond acceptors (Lipinski definition) is 5. The molecule has 1 aromatic heterocycles. The van der Waals surface area contributed by atoms with Gasteiger partial charge in [0.05, 0.1) is 14.2 Å². The van der Waals surface area contributed by atoms with Gasteiger partial charge in [-0.2, -0.15) is 0 Å². The largest absolute Gasteiger partial charge is 0.497 e. The van der Waals surface area contributed by atoms with Crippen LogP contribution in [-0.2, 0) is 24.2 Å². The number of amides is 1. The monoisotopic (exact) mass is 395 g/mol. The van der Waals surface area contributed by atoms with Gasteiger partial charge in [0.2, 0.25) is 0 Å². The first-order chi connectivity index (χ1) is 14.2. The number of fused-ring (bicyclic) bond motifs is 3. The van der Waals surface area contributed by atoms with Gasteiger partial charge in [-0.3, -0.25) is 4.79 Å². The molecule has 4 rings (SSSR count). The van der Waals surface area contributed by atoms with Crippen molar-refractivity contribution in [2.24, 2.45) is 0 Å². The topological polar surface area (TPSA) is 69.9 Å². The zero-order chi connectivity index (χ0) is 20.2. The summed E-state index contributed by atoms with van der Waals surface area (Å²) in [6.45, 7) is 0.299. The van der Waals surface area contributed by atoms with Gasteiger partial charge in [-0.25, -0.2) is 0 Å². The number of benzene rings is 2. The molecular formula is C23H25NO5. The highest BCUT2D eigenvalue weighted by atomic mass is 16.5. The fourth-order valence-electron chi connectivity index (χ4n) is 3.72. The van der Waals surface area contributed by atoms with Crippen molar-refractivity contribution >= 4 is 16.9 Å². The summed E-state index contributed by atoms with van der Waals surface area (Å²) in [5, 5.41) is 3.96. The molecule has 0 fully saturated rings. The molecule has 0 saturated carbocycles. The Balaban J connectivity index is 1.36. The van der Waals surface area contributed by atoms with Crippen molar-refractivity contribution in [3.63, 3.8) is 0 Å². The van der Waals surface area contributed by atoms with Gasteiger partial charge in [0.1, 0.15) is 28.6 Å². The van der Waals surface area contributed by atoms with E-state index < -0.39 is 0 Å². The summed E-state index contributed by atoms with van der Waals surface area (Å²) in [5.74, 6) is 2.94. The molecule has 1 N–H and O–H groups in total. The third-order valence-corrected chi connectivity index (χ3v) is 5.27. The van der Waals surface area contributed by atoms with Gasteiger partial charge in [0, 0.05) is 35.5 Å². The molecule has 1 aliphatic carbocycles. The molecule has 0 radical (unpaired) electrons. The Morgan fingerprint density at radius 2 is 1.86 bits per heavy atom. The highest BCUT2D eigenvalue weighted by molar-refractivity contribution is 5.84. The second-order valence-corrected chi connectivity index (χ2v) is 7.11. The lowest BCUT2D eigenvalue weighted by molar-refractivity contribution is -0.123. The molecule has 29 heavy (non-hydrogen) atoms. The van der Waals surface area contributed by atoms with Gasteiger partial charge in [0.25, 0.3) is 5.91 Å². The summed E-state index contributed by atoms with van der Waals surface area (Å²) in [5.41, 5.74) is 3.04. The van der Waals surface area contributed by atoms with Crippen molar-refractivity contribution in [3.8, 4) is 17.2 Å². The Bertz CT molecular complexity index is 1020. The second kappa shape index (κ2) is 8.47. The molecule has 0 spiro atoms. The summed E-state index contributed by atoms with van der Waals surface area (Å²) in [7, 11) is 3.19. The van der Waals surface area contributed by atoms with E-state index in [2.05, 4.69) is 5.32 Å². The van der Waals surface area contributed by atoms with Gasteiger partial charge in [-0.05, 0) is 49.6 Å². The highest BCUT2D eigenvalue weighted by Gasteiger charge is 2.18. The van der Waals surface area contributed by atoms with Crippen LogP contribution in [0.5, 0.6) is 17.2 Å². The van der Waals surface area contributed by atoms with Crippen LogP contribution in [0, 0.1) is 0 Å². The van der Waals surface area contributed by atoms with Crippen molar-refractivity contribution in [2.45, 2.75) is 32.2 Å². The average Bonchev–Trinajstić information content (AvgIpc) is 3.14. The molecule has 2 aromatic carbocycles. The number of aryl methyl sites for hydroxylation is 2. The molecular weight excluding hydrogens is 370 g/mol. The maximum atomic E-state index is 12.2. The molecule has 3 aromatic rings. The van der Waals surface area contributed by atoms with Crippen LogP contribution >= 0.6 is 0 Å². The maximum absolute atomic E-state index is 12.2. The van der Waals surface area contributed by atoms with E-state index in [4.69, 9.17) is 18.6 Å². The first-order valence-corrected chi connectivity index (χ1v) is 9.82. The van der Waals surface area contributed by atoms with Crippen LogP contribution in [-0.4, -0.2) is 26.7 Å². The number of hydrogen-bond donors (Lipinski definition) is 1. The van der Waals surface area contributed by atoms with E-state index in [1.165, 1.54) is 18.4 Å². The minimum Gasteiger partial charge on any atom is -0.497 e. The first-order valence-electron chi connectivity index (χ1n) is 9.82. The third kappa shape index (κ3) is 4.16. The first kappa shape index (κ1) is 19.2. The van der Waals surface area contributed by atoms with Crippen LogP contribution in [0.15, 0.2) is 40.8 Å². The van der Waals surface area contributed by atoms with E-state index in [0.29, 0.717) is 23.8 Å². The molecule has 0 unspecified atom stereocenters. The van der Waals surface area contributed by atoms with E-state index in [1.54, 1.807) is 20.3 Å². The highest BCUT2D eigenvalue weighted by Crippen LogP contribution is 2.34. The summed E-state index contributed by atoms with van der Waals surface area (Å²) >= 11 is 0. The predicted octanol–water partition coefficient (Wildman–Crippen LogP) is 4.02. The zero-order valence-electron chi connectivity index (χ0n) is 16.7. The molecule has 6 nitrogen and oxygen atoms in total. The van der Waals surface area contributed by atoms with Crippen molar-refractivity contribution in [1.82, 2.24) is 5.32 Å². The lowest BCUT2D eigenvalue weighted by Gasteiger charge is -2.12. The molecule has 1 heterocycles. The molecule has 1 aliphatic rings. The summed E-state index contributed by atoms with van der Waals surface area (Å²) in [4.78, 5) is 12.2. The van der Waals surface area contributed by atoms with Crippen molar-refractivity contribution in [2.75, 3.05) is 20.8 Å². The fraction of sp³-hybridized carbons (Fsp3) is 0.348. The van der Waals surface area contributed by atoms with E-state index in [-0.39, 0.29) is 12.5 Å². The minimum absolute atomic E-state index is 0.0516. The van der Waals surface area contributed by atoms with Gasteiger partial charge in [-0.1, -0.05) is 0 Å². The Morgan fingerprint density at radius 3 is 2.69 bits per heavy atom. The quantitative estimate of drug-likeness (QED) is 0.654. The maximum Gasteiger partial charge on any atom is 0.258 e. The molecule has 0 bridgehead atoms. The number of carbonyl (C=O) groups is 1.